The topological polar surface area (TPSA) is 68.0 Å². The molecule has 0 aliphatic carbocycles. The second-order valence-corrected chi connectivity index (χ2v) is 3.70. The number of benzene rings is 1. The summed E-state index contributed by atoms with van der Waals surface area (Å²) in [5.41, 5.74) is 1.78. The molecule has 1 amide bonds. The van der Waals surface area contributed by atoms with E-state index in [1.165, 1.54) is 12.7 Å². The minimum Gasteiger partial charge on any atom is -0.451 e. The van der Waals surface area contributed by atoms with Gasteiger partial charge in [0.15, 0.2) is 12.1 Å². The molecule has 3 aromatic rings. The van der Waals surface area contributed by atoms with Gasteiger partial charge in [0, 0.05) is 11.6 Å². The van der Waals surface area contributed by atoms with Gasteiger partial charge in [-0.2, -0.15) is 0 Å². The van der Waals surface area contributed by atoms with Gasteiger partial charge in [-0.25, -0.2) is 4.98 Å². The highest BCUT2D eigenvalue weighted by atomic mass is 16.3. The van der Waals surface area contributed by atoms with Crippen molar-refractivity contribution < 1.29 is 9.21 Å². The zero-order valence-corrected chi connectivity index (χ0v) is 9.33. The number of carbonyl (C=O) groups is 1. The minimum atomic E-state index is -0.305. The summed E-state index contributed by atoms with van der Waals surface area (Å²) in [7, 11) is 0. The van der Waals surface area contributed by atoms with E-state index in [2.05, 4.69) is 15.3 Å². The van der Waals surface area contributed by atoms with Crippen LogP contribution in [0, 0.1) is 0 Å². The first-order chi connectivity index (χ1) is 8.84. The predicted octanol–water partition coefficient (Wildman–Crippen LogP) is 2.48. The van der Waals surface area contributed by atoms with E-state index in [9.17, 15) is 4.79 Å². The van der Waals surface area contributed by atoms with Gasteiger partial charge in [0.1, 0.15) is 6.26 Å². The van der Waals surface area contributed by atoms with Crippen molar-refractivity contribution in [2.75, 3.05) is 5.32 Å². The standard InChI is InChI=1S/C13H9N3O2/c17-13(12-7-18-8-15-12)16-11-5-1-4-10-9(11)3-2-6-14-10/h1-8H,(H,16,17). The quantitative estimate of drug-likeness (QED) is 0.745. The Bertz CT molecular complexity index is 687. The SMILES string of the molecule is O=C(Nc1cccc2ncccc12)c1cocn1. The van der Waals surface area contributed by atoms with Gasteiger partial charge in [0.2, 0.25) is 0 Å². The number of amides is 1. The molecule has 0 fully saturated rings. The third-order valence-electron chi connectivity index (χ3n) is 2.56. The molecule has 0 unspecified atom stereocenters. The second kappa shape index (κ2) is 4.29. The summed E-state index contributed by atoms with van der Waals surface area (Å²) >= 11 is 0. The fourth-order valence-electron chi connectivity index (χ4n) is 1.72. The molecule has 1 N–H and O–H groups in total. The molecular weight excluding hydrogens is 230 g/mol. The molecule has 0 saturated heterocycles. The molecule has 2 heterocycles. The Balaban J connectivity index is 1.98. The molecule has 18 heavy (non-hydrogen) atoms. The van der Waals surface area contributed by atoms with Gasteiger partial charge in [-0.1, -0.05) is 6.07 Å². The molecule has 0 radical (unpaired) electrons. The summed E-state index contributed by atoms with van der Waals surface area (Å²) in [4.78, 5) is 19.9. The van der Waals surface area contributed by atoms with E-state index >= 15 is 0 Å². The second-order valence-electron chi connectivity index (χ2n) is 3.70. The van der Waals surface area contributed by atoms with Crippen molar-refractivity contribution in [1.82, 2.24) is 9.97 Å². The monoisotopic (exact) mass is 239 g/mol. The Morgan fingerprint density at radius 2 is 2.11 bits per heavy atom. The molecule has 5 heteroatoms. The van der Waals surface area contributed by atoms with Gasteiger partial charge in [-0.3, -0.25) is 9.78 Å². The van der Waals surface area contributed by atoms with Crippen LogP contribution in [0.4, 0.5) is 5.69 Å². The van der Waals surface area contributed by atoms with Crippen LogP contribution in [0.1, 0.15) is 10.5 Å². The van der Waals surface area contributed by atoms with Gasteiger partial charge in [-0.05, 0) is 24.3 Å². The minimum absolute atomic E-state index is 0.246. The molecule has 0 aliphatic rings. The van der Waals surface area contributed by atoms with Crippen molar-refractivity contribution in [3.63, 3.8) is 0 Å². The Kier molecular flexibility index (Phi) is 2.49. The lowest BCUT2D eigenvalue weighted by Crippen LogP contribution is -2.12. The molecule has 0 spiro atoms. The van der Waals surface area contributed by atoms with Crippen molar-refractivity contribution in [3.8, 4) is 0 Å². The summed E-state index contributed by atoms with van der Waals surface area (Å²) in [5.74, 6) is -0.305. The van der Waals surface area contributed by atoms with Crippen LogP contribution in [0.5, 0.6) is 0 Å². The van der Waals surface area contributed by atoms with Crippen molar-refractivity contribution in [3.05, 3.63) is 54.9 Å². The van der Waals surface area contributed by atoms with Crippen LogP contribution < -0.4 is 5.32 Å². The lowest BCUT2D eigenvalue weighted by atomic mass is 10.2. The largest absolute Gasteiger partial charge is 0.451 e. The summed E-state index contributed by atoms with van der Waals surface area (Å²) in [6.45, 7) is 0. The molecule has 3 rings (SSSR count). The number of hydrogen-bond donors (Lipinski definition) is 1. The van der Waals surface area contributed by atoms with E-state index in [4.69, 9.17) is 4.42 Å². The van der Waals surface area contributed by atoms with E-state index in [1.807, 2.05) is 30.3 Å². The number of nitrogens with one attached hydrogen (secondary N) is 1. The maximum Gasteiger partial charge on any atom is 0.277 e. The van der Waals surface area contributed by atoms with Gasteiger partial charge in [-0.15, -0.1) is 0 Å². The highest BCUT2D eigenvalue weighted by molar-refractivity contribution is 6.07. The number of carbonyl (C=O) groups excluding carboxylic acids is 1. The molecule has 1 aromatic carbocycles. The van der Waals surface area contributed by atoms with Crippen molar-refractivity contribution >= 4 is 22.5 Å². The molecule has 0 aliphatic heterocycles. The zero-order chi connectivity index (χ0) is 12.4. The number of pyridine rings is 1. The summed E-state index contributed by atoms with van der Waals surface area (Å²) in [6, 6.07) is 9.28. The highest BCUT2D eigenvalue weighted by Crippen LogP contribution is 2.21. The number of hydrogen-bond acceptors (Lipinski definition) is 4. The highest BCUT2D eigenvalue weighted by Gasteiger charge is 2.10. The number of nitrogens with zero attached hydrogens (tertiary/aromatic N) is 2. The number of rotatable bonds is 2. The first-order valence-electron chi connectivity index (χ1n) is 5.38. The first-order valence-corrected chi connectivity index (χ1v) is 5.38. The van der Waals surface area contributed by atoms with Crippen LogP contribution in [-0.2, 0) is 0 Å². The Hall–Kier alpha value is -2.69. The van der Waals surface area contributed by atoms with E-state index in [0.717, 1.165) is 10.9 Å². The molecule has 0 saturated carbocycles. The fraction of sp³-hybridized carbons (Fsp3) is 0. The van der Waals surface area contributed by atoms with Crippen LogP contribution in [-0.4, -0.2) is 15.9 Å². The van der Waals surface area contributed by atoms with Crippen LogP contribution in [0.25, 0.3) is 10.9 Å². The Morgan fingerprint density at radius 3 is 2.94 bits per heavy atom. The van der Waals surface area contributed by atoms with Crippen LogP contribution in [0.3, 0.4) is 0 Å². The predicted molar refractivity (Wildman–Crippen MR) is 66.2 cm³/mol. The van der Waals surface area contributed by atoms with Crippen LogP contribution in [0.2, 0.25) is 0 Å². The fourth-order valence-corrected chi connectivity index (χ4v) is 1.72. The van der Waals surface area contributed by atoms with Crippen molar-refractivity contribution in [1.29, 1.82) is 0 Å². The lowest BCUT2D eigenvalue weighted by molar-refractivity contribution is 0.102. The maximum atomic E-state index is 11.9. The molecule has 88 valence electrons. The molecule has 0 bridgehead atoms. The third kappa shape index (κ3) is 1.82. The number of fused-ring (bicyclic) bond motifs is 1. The van der Waals surface area contributed by atoms with Crippen LogP contribution in [0.15, 0.2) is 53.6 Å². The molecular formula is C13H9N3O2. The summed E-state index contributed by atoms with van der Waals surface area (Å²) in [5, 5.41) is 3.67. The molecule has 2 aromatic heterocycles. The normalized spacial score (nSPS) is 10.4. The summed E-state index contributed by atoms with van der Waals surface area (Å²) < 4.78 is 4.78. The van der Waals surface area contributed by atoms with E-state index < -0.39 is 0 Å². The number of aromatic nitrogens is 2. The van der Waals surface area contributed by atoms with Crippen LogP contribution >= 0.6 is 0 Å². The lowest BCUT2D eigenvalue weighted by Gasteiger charge is -2.06. The van der Waals surface area contributed by atoms with E-state index in [0.29, 0.717) is 5.69 Å². The molecule has 5 nitrogen and oxygen atoms in total. The Morgan fingerprint density at radius 1 is 1.17 bits per heavy atom. The molecule has 0 atom stereocenters. The van der Waals surface area contributed by atoms with Gasteiger partial charge < -0.3 is 9.73 Å². The van der Waals surface area contributed by atoms with Gasteiger partial charge in [0.05, 0.1) is 11.2 Å². The van der Waals surface area contributed by atoms with Crippen molar-refractivity contribution in [2.45, 2.75) is 0 Å². The Labute approximate surface area is 102 Å². The number of oxazole rings is 1. The average molecular weight is 239 g/mol. The first kappa shape index (κ1) is 10.5. The zero-order valence-electron chi connectivity index (χ0n) is 9.33. The van der Waals surface area contributed by atoms with Gasteiger partial charge in [0.25, 0.3) is 5.91 Å². The van der Waals surface area contributed by atoms with Gasteiger partial charge >= 0.3 is 0 Å². The van der Waals surface area contributed by atoms with Crippen molar-refractivity contribution in [2.24, 2.45) is 0 Å². The average Bonchev–Trinajstić information content (AvgIpc) is 2.93. The maximum absolute atomic E-state index is 11.9. The van der Waals surface area contributed by atoms with E-state index in [-0.39, 0.29) is 11.6 Å². The van der Waals surface area contributed by atoms with E-state index in [1.54, 1.807) is 6.20 Å². The number of anilines is 1. The summed E-state index contributed by atoms with van der Waals surface area (Å²) in [6.07, 6.45) is 4.24. The third-order valence-corrected chi connectivity index (χ3v) is 2.56. The smallest absolute Gasteiger partial charge is 0.277 e.